The number of aliphatic carboxylic acids is 1. The summed E-state index contributed by atoms with van der Waals surface area (Å²) in [4.78, 5) is 80.7. The molecule has 0 radical (unpaired) electrons. The molecule has 4 rings (SSSR count). The van der Waals surface area contributed by atoms with E-state index in [2.05, 4.69) is 5.32 Å². The van der Waals surface area contributed by atoms with Crippen molar-refractivity contribution in [2.75, 3.05) is 39.6 Å². The number of primary amides is 1. The van der Waals surface area contributed by atoms with E-state index in [9.17, 15) is 39.0 Å². The Morgan fingerprint density at radius 1 is 1.12 bits per heavy atom. The molecule has 222 valence electrons. The van der Waals surface area contributed by atoms with Gasteiger partial charge < -0.3 is 31.3 Å². The van der Waals surface area contributed by atoms with Gasteiger partial charge in [-0.1, -0.05) is 0 Å². The summed E-state index contributed by atoms with van der Waals surface area (Å²) in [5, 5.41) is 34.8. The average molecular weight is 573 g/mol. The lowest BCUT2D eigenvalue weighted by atomic mass is 9.52. The molecule has 3 aliphatic rings. The van der Waals surface area contributed by atoms with Crippen molar-refractivity contribution in [3.05, 3.63) is 22.8 Å². The molecule has 0 heterocycles. The van der Waals surface area contributed by atoms with Gasteiger partial charge in [0.05, 0.1) is 17.5 Å². The van der Waals surface area contributed by atoms with E-state index >= 15 is 0 Å². The minimum Gasteiger partial charge on any atom is -0.507 e. The lowest BCUT2D eigenvalue weighted by Crippen LogP contribution is -2.74. The van der Waals surface area contributed by atoms with Gasteiger partial charge in [0.15, 0.2) is 34.7 Å². The van der Waals surface area contributed by atoms with Crippen molar-refractivity contribution < 1.29 is 44.1 Å². The normalized spacial score (nSPS) is 29.2. The maximum Gasteiger partial charge on any atom is 0.303 e. The van der Waals surface area contributed by atoms with E-state index in [1.807, 2.05) is 0 Å². The van der Waals surface area contributed by atoms with Crippen molar-refractivity contribution in [2.45, 2.75) is 43.9 Å². The second kappa shape index (κ2) is 11.0. The highest BCUT2D eigenvalue weighted by atomic mass is 16.4. The van der Waals surface area contributed by atoms with Gasteiger partial charge >= 0.3 is 5.97 Å². The summed E-state index contributed by atoms with van der Waals surface area (Å²) in [6.07, 6.45) is 0.466. The lowest BCUT2D eigenvalue weighted by molar-refractivity contribution is -0.181. The number of carbonyl (C=O) groups excluding carboxylic acids is 5. The summed E-state index contributed by atoms with van der Waals surface area (Å²) in [7, 11) is 6.60. The van der Waals surface area contributed by atoms with Crippen LogP contribution in [0.2, 0.25) is 0 Å². The number of anilines is 1. The number of ketones is 4. The molecule has 2 fully saturated rings. The molecule has 0 bridgehead atoms. The first-order chi connectivity index (χ1) is 19.1. The van der Waals surface area contributed by atoms with Gasteiger partial charge in [-0.25, -0.2) is 0 Å². The molecule has 6 N–H and O–H groups in total. The Bertz CT molecular complexity index is 1340. The number of hydrogen-bond donors (Lipinski definition) is 5. The van der Waals surface area contributed by atoms with Crippen LogP contribution in [0.15, 0.2) is 6.07 Å². The predicted octanol–water partition coefficient (Wildman–Crippen LogP) is -1.11. The molecule has 0 spiro atoms. The number of fused-ring (bicyclic) bond motifs is 3. The molecule has 41 heavy (non-hydrogen) atoms. The quantitative estimate of drug-likeness (QED) is 0.176. The van der Waals surface area contributed by atoms with Crippen LogP contribution in [0, 0.1) is 23.7 Å². The van der Waals surface area contributed by atoms with Crippen molar-refractivity contribution in [3.8, 4) is 5.75 Å². The Kier molecular flexibility index (Phi) is 8.09. The van der Waals surface area contributed by atoms with Crippen LogP contribution in [0.1, 0.15) is 40.7 Å². The second-order valence-electron chi connectivity index (χ2n) is 11.6. The third kappa shape index (κ3) is 4.81. The molecule has 0 saturated heterocycles. The van der Waals surface area contributed by atoms with Crippen LogP contribution < -0.4 is 16.0 Å². The number of phenols is 1. The third-order valence-electron chi connectivity index (χ3n) is 8.66. The molecule has 2 unspecified atom stereocenters. The van der Waals surface area contributed by atoms with Crippen molar-refractivity contribution in [1.29, 1.82) is 0 Å². The number of Topliss-reactive ketones (excluding diaryl/α,β-unsaturated/α-hetero) is 4. The van der Waals surface area contributed by atoms with Gasteiger partial charge in [-0.2, -0.15) is 0 Å². The van der Waals surface area contributed by atoms with Gasteiger partial charge in [0.25, 0.3) is 0 Å². The Labute approximate surface area is 236 Å². The maximum atomic E-state index is 14.0. The van der Waals surface area contributed by atoms with Crippen molar-refractivity contribution in [2.24, 2.45) is 29.4 Å². The molecule has 1 aromatic carbocycles. The summed E-state index contributed by atoms with van der Waals surface area (Å²) in [5.74, 6) is -11.8. The summed E-state index contributed by atoms with van der Waals surface area (Å²) in [5.41, 5.74) is 4.00. The number of nitrogens with zero attached hydrogens (tertiary/aromatic N) is 2. The van der Waals surface area contributed by atoms with Crippen LogP contribution >= 0.6 is 0 Å². The molecule has 6 atom stereocenters. The van der Waals surface area contributed by atoms with Gasteiger partial charge in [-0.15, -0.1) is 0 Å². The van der Waals surface area contributed by atoms with E-state index in [4.69, 9.17) is 10.8 Å². The molecule has 0 aliphatic heterocycles. The van der Waals surface area contributed by atoms with E-state index < -0.39 is 70.3 Å². The topological polar surface area (TPSA) is 208 Å². The van der Waals surface area contributed by atoms with Crippen molar-refractivity contribution in [3.63, 3.8) is 0 Å². The number of carboxylic acids is 1. The van der Waals surface area contributed by atoms with E-state index in [1.165, 1.54) is 19.0 Å². The summed E-state index contributed by atoms with van der Waals surface area (Å²) >= 11 is 0. The zero-order valence-corrected chi connectivity index (χ0v) is 23.5. The Morgan fingerprint density at radius 2 is 1.78 bits per heavy atom. The first-order valence-corrected chi connectivity index (χ1v) is 13.5. The first kappa shape index (κ1) is 30.3. The molecule has 1 amide bonds. The highest BCUT2D eigenvalue weighted by molar-refractivity contribution is 6.32. The molecule has 1 aromatic rings. The fourth-order valence-corrected chi connectivity index (χ4v) is 6.83. The van der Waals surface area contributed by atoms with Crippen LogP contribution in [-0.4, -0.2) is 102 Å². The molecule has 3 aliphatic carbocycles. The number of aromatic hydroxyl groups is 1. The first-order valence-electron chi connectivity index (χ1n) is 13.5. The molecular weight excluding hydrogens is 536 g/mol. The maximum absolute atomic E-state index is 14.0. The molecular formula is C28H36N4O9. The van der Waals surface area contributed by atoms with Gasteiger partial charge in [0.1, 0.15) is 5.75 Å². The van der Waals surface area contributed by atoms with Crippen LogP contribution in [0.25, 0.3) is 0 Å². The smallest absolute Gasteiger partial charge is 0.303 e. The van der Waals surface area contributed by atoms with Crippen molar-refractivity contribution >= 4 is 40.7 Å². The van der Waals surface area contributed by atoms with E-state index in [-0.39, 0.29) is 37.1 Å². The number of benzene rings is 1. The lowest BCUT2D eigenvalue weighted by Gasteiger charge is -2.52. The zero-order valence-electron chi connectivity index (χ0n) is 23.5. The third-order valence-corrected chi connectivity index (χ3v) is 8.66. The minimum atomic E-state index is -2.78. The van der Waals surface area contributed by atoms with Gasteiger partial charge in [-0.05, 0) is 57.5 Å². The number of hydrogen-bond acceptors (Lipinski definition) is 11. The molecule has 0 aromatic heterocycles. The highest BCUT2D eigenvalue weighted by Crippen LogP contribution is 2.52. The summed E-state index contributed by atoms with van der Waals surface area (Å²) in [6.45, 7) is 0.465. The Hall–Kier alpha value is -3.68. The number of phenolic OH excluding ortho intramolecular Hbond substituents is 1. The number of carboxylic acid groups (broad SMARTS) is 1. The van der Waals surface area contributed by atoms with Crippen molar-refractivity contribution in [1.82, 2.24) is 10.2 Å². The van der Waals surface area contributed by atoms with Gasteiger partial charge in [0, 0.05) is 44.2 Å². The Balaban J connectivity index is 1.77. The fourth-order valence-electron chi connectivity index (χ4n) is 6.83. The fraction of sp³-hybridized carbons (Fsp3) is 0.571. The number of aliphatic hydroxyl groups is 1. The zero-order chi connectivity index (χ0) is 30.5. The molecule has 13 nitrogen and oxygen atoms in total. The number of rotatable bonds is 9. The number of nitrogens with two attached hydrogens (primary N) is 1. The SMILES string of the molecule is CN(C)c1cc(CNCCCC(=O)O)c(O)c2c1C[C@H]1C[C@H]3[C@H](N(C)C)C(=O)C(C(N)=O)C(=O)[C@@]3(O)C(=O)C1C2=O. The number of likely N-dealkylation sites (N-methyl/N-ethyl adjacent to an activating group) is 1. The number of nitrogens with one attached hydrogen (secondary N) is 1. The second-order valence-corrected chi connectivity index (χ2v) is 11.6. The van der Waals surface area contributed by atoms with Crippen LogP contribution in [0.4, 0.5) is 5.69 Å². The Morgan fingerprint density at radius 3 is 2.34 bits per heavy atom. The minimum absolute atomic E-state index is 0.0234. The molecule has 2 saturated carbocycles. The highest BCUT2D eigenvalue weighted by Gasteiger charge is 2.69. The predicted molar refractivity (Wildman–Crippen MR) is 144 cm³/mol. The number of amides is 1. The van der Waals surface area contributed by atoms with Crippen LogP contribution in [0.5, 0.6) is 5.75 Å². The average Bonchev–Trinajstić information content (AvgIpc) is 2.86. The van der Waals surface area contributed by atoms with Crippen LogP contribution in [-0.2, 0) is 36.9 Å². The van der Waals surface area contributed by atoms with Gasteiger partial charge in [-0.3, -0.25) is 33.7 Å². The van der Waals surface area contributed by atoms with E-state index in [0.29, 0.717) is 29.8 Å². The largest absolute Gasteiger partial charge is 0.507 e. The molecule has 13 heteroatoms. The monoisotopic (exact) mass is 572 g/mol. The van der Waals surface area contributed by atoms with E-state index in [0.717, 1.165) is 0 Å². The van der Waals surface area contributed by atoms with Gasteiger partial charge in [0.2, 0.25) is 5.91 Å². The number of carbonyl (C=O) groups is 6. The van der Waals surface area contributed by atoms with E-state index in [1.54, 1.807) is 25.1 Å². The van der Waals surface area contributed by atoms with Crippen LogP contribution in [0.3, 0.4) is 0 Å². The summed E-state index contributed by atoms with van der Waals surface area (Å²) < 4.78 is 0. The summed E-state index contributed by atoms with van der Waals surface area (Å²) in [6, 6.07) is 0.564. The standard InChI is InChI=1S/C28H36N4O9/c1-31(2)16-10-13(11-30-7-5-6-17(33)34)22(35)19-14(16)8-12-9-15-21(32(3)4)24(37)20(27(29)40)26(39)28(15,41)25(38)18(12)23(19)36/h10,12,15,18,20-21,30,35,41H,5-9,11H2,1-4H3,(H2,29,40)(H,33,34)/t12-,15-,18?,20?,21-,28-/m0/s1.